The van der Waals surface area contributed by atoms with E-state index < -0.39 is 23.5 Å². The maximum atomic E-state index is 13.9. The molecule has 4 aromatic rings. The van der Waals surface area contributed by atoms with Gasteiger partial charge < -0.3 is 25.3 Å². The molecule has 4 heterocycles. The maximum absolute atomic E-state index is 13.9. The fourth-order valence-electron chi connectivity index (χ4n) is 5.77. The number of ether oxygens (including phenoxy) is 1. The Balaban J connectivity index is 1.39. The van der Waals surface area contributed by atoms with Crippen LogP contribution in [-0.4, -0.2) is 55.4 Å². The van der Waals surface area contributed by atoms with E-state index in [1.165, 1.54) is 17.0 Å². The number of fused-ring (bicyclic) bond motifs is 4. The molecule has 1 aromatic carbocycles. The van der Waals surface area contributed by atoms with E-state index in [4.69, 9.17) is 10.5 Å². The van der Waals surface area contributed by atoms with Crippen LogP contribution in [0.3, 0.4) is 0 Å². The Hall–Kier alpha value is -3.94. The minimum atomic E-state index is -4.69. The molecule has 0 bridgehead atoms. The number of rotatable bonds is 5. The first-order valence-electron chi connectivity index (χ1n) is 12.3. The number of nitrogens with two attached hydrogens (primary N) is 1. The van der Waals surface area contributed by atoms with Crippen LogP contribution in [0.1, 0.15) is 25.3 Å². The summed E-state index contributed by atoms with van der Waals surface area (Å²) in [5.41, 5.74) is 5.38. The molecule has 1 saturated carbocycles. The molecule has 1 saturated heterocycles. The van der Waals surface area contributed by atoms with Crippen molar-refractivity contribution in [2.24, 2.45) is 5.41 Å². The van der Waals surface area contributed by atoms with Crippen molar-refractivity contribution >= 4 is 61.3 Å². The van der Waals surface area contributed by atoms with Crippen molar-refractivity contribution in [2.45, 2.75) is 44.6 Å². The number of nitrogens with zero attached hydrogens (tertiary/aromatic N) is 5. The lowest BCUT2D eigenvalue weighted by Gasteiger charge is -2.27. The van der Waals surface area contributed by atoms with Crippen molar-refractivity contribution in [1.82, 2.24) is 24.4 Å². The van der Waals surface area contributed by atoms with Crippen LogP contribution in [0.4, 0.5) is 24.8 Å². The number of halogens is 4. The van der Waals surface area contributed by atoms with Crippen LogP contribution in [0.25, 0.3) is 21.9 Å². The highest BCUT2D eigenvalue weighted by Gasteiger charge is 2.64. The molecular formula is C26H23BrF3N7O3. The van der Waals surface area contributed by atoms with Gasteiger partial charge in [0.25, 0.3) is 0 Å². The molecule has 14 heteroatoms. The number of methoxy groups -OCH3 is 1. The van der Waals surface area contributed by atoms with Gasteiger partial charge in [0.1, 0.15) is 46.5 Å². The van der Waals surface area contributed by atoms with Crippen molar-refractivity contribution in [2.75, 3.05) is 18.2 Å². The van der Waals surface area contributed by atoms with Crippen LogP contribution in [0, 0.1) is 5.41 Å². The zero-order valence-electron chi connectivity index (χ0n) is 21.3. The Morgan fingerprint density at radius 3 is 2.73 bits per heavy atom. The van der Waals surface area contributed by atoms with Crippen molar-refractivity contribution < 1.29 is 27.5 Å². The van der Waals surface area contributed by atoms with E-state index in [0.717, 1.165) is 19.6 Å². The lowest BCUT2D eigenvalue weighted by atomic mass is 10.0. The third-order valence-electron chi connectivity index (χ3n) is 7.78. The zero-order chi connectivity index (χ0) is 28.6. The lowest BCUT2D eigenvalue weighted by Crippen LogP contribution is -2.46. The Morgan fingerprint density at radius 2 is 2.02 bits per heavy atom. The van der Waals surface area contributed by atoms with Crippen molar-refractivity contribution in [3.8, 4) is 5.75 Å². The number of hydrogen-bond donors (Lipinski definition) is 2. The molecule has 0 unspecified atom stereocenters. The number of amides is 2. The number of carbonyl (C=O) groups is 2. The topological polar surface area (TPSA) is 128 Å². The number of anilines is 2. The van der Waals surface area contributed by atoms with Crippen LogP contribution in [-0.2, 0) is 22.3 Å². The average Bonchev–Trinajstić information content (AvgIpc) is 3.30. The first-order valence-corrected chi connectivity index (χ1v) is 13.1. The van der Waals surface area contributed by atoms with Crippen LogP contribution in [0.15, 0.2) is 41.3 Å². The van der Waals surface area contributed by atoms with Gasteiger partial charge in [-0.2, -0.15) is 13.2 Å². The minimum absolute atomic E-state index is 0.0193. The molecule has 3 N–H and O–H groups in total. The van der Waals surface area contributed by atoms with Gasteiger partial charge in [-0.05, 0) is 52.4 Å². The summed E-state index contributed by atoms with van der Waals surface area (Å²) in [6.45, 7) is 1.75. The molecule has 0 spiro atoms. The van der Waals surface area contributed by atoms with E-state index in [-0.39, 0.29) is 57.6 Å². The predicted molar refractivity (Wildman–Crippen MR) is 143 cm³/mol. The largest absolute Gasteiger partial charge is 0.496 e. The van der Waals surface area contributed by atoms with Crippen molar-refractivity contribution in [3.63, 3.8) is 0 Å². The fraction of sp³-hybridized carbons (Fsp3) is 0.346. The second kappa shape index (κ2) is 9.04. The second-order valence-electron chi connectivity index (χ2n) is 10.3. The molecule has 208 valence electrons. The van der Waals surface area contributed by atoms with E-state index in [1.807, 2.05) is 6.92 Å². The minimum Gasteiger partial charge on any atom is -0.496 e. The number of carbonyl (C=O) groups excluding carboxylic acids is 2. The van der Waals surface area contributed by atoms with Crippen LogP contribution in [0.5, 0.6) is 5.75 Å². The molecule has 2 aliphatic rings. The van der Waals surface area contributed by atoms with Gasteiger partial charge >= 0.3 is 6.18 Å². The molecule has 3 atom stereocenters. The van der Waals surface area contributed by atoms with Gasteiger partial charge in [0.15, 0.2) is 0 Å². The number of alkyl halides is 3. The van der Waals surface area contributed by atoms with Gasteiger partial charge in [-0.1, -0.05) is 13.0 Å². The summed E-state index contributed by atoms with van der Waals surface area (Å²) >= 11 is 3.28. The summed E-state index contributed by atoms with van der Waals surface area (Å²) in [6, 6.07) is 6.40. The van der Waals surface area contributed by atoms with Crippen LogP contribution < -0.4 is 15.8 Å². The molecule has 0 radical (unpaired) electrons. The quantitative estimate of drug-likeness (QED) is 0.318. The van der Waals surface area contributed by atoms with Gasteiger partial charge in [-0.15, -0.1) is 0 Å². The van der Waals surface area contributed by atoms with Gasteiger partial charge in [-0.3, -0.25) is 9.59 Å². The number of nitrogens with one attached hydrogen (secondary N) is 1. The van der Waals surface area contributed by atoms with E-state index in [2.05, 4.69) is 36.2 Å². The van der Waals surface area contributed by atoms with Crippen molar-refractivity contribution in [3.05, 3.63) is 46.8 Å². The Bertz CT molecular complexity index is 1710. The monoisotopic (exact) mass is 617 g/mol. The summed E-state index contributed by atoms with van der Waals surface area (Å²) in [5.74, 6) is -0.812. The summed E-state index contributed by atoms with van der Waals surface area (Å²) in [6.07, 6.45) is -2.27. The van der Waals surface area contributed by atoms with E-state index in [9.17, 15) is 22.8 Å². The fourth-order valence-corrected chi connectivity index (χ4v) is 6.12. The Kier molecular flexibility index (Phi) is 5.94. The van der Waals surface area contributed by atoms with E-state index in [0.29, 0.717) is 16.8 Å². The average molecular weight is 618 g/mol. The first kappa shape index (κ1) is 26.3. The highest BCUT2D eigenvalue weighted by atomic mass is 79.9. The van der Waals surface area contributed by atoms with Crippen LogP contribution >= 0.6 is 15.9 Å². The normalized spacial score (nSPS) is 22.0. The third-order valence-corrected chi connectivity index (χ3v) is 8.22. The predicted octanol–water partition coefficient (Wildman–Crippen LogP) is 4.37. The Labute approximate surface area is 233 Å². The van der Waals surface area contributed by atoms with Gasteiger partial charge in [-0.25, -0.2) is 15.0 Å². The lowest BCUT2D eigenvalue weighted by molar-refractivity contribution is -0.139. The van der Waals surface area contributed by atoms with Gasteiger partial charge in [0, 0.05) is 17.5 Å². The molecule has 3 aromatic heterocycles. The SMILES string of the molecule is COc1cc2c(cc1C(F)(F)F)c1c(N)ncnc1n2CC(=O)N1[C@H](C(=O)Nc2cccc(Br)n2)C[C@@]2(C)C[C@@H]12. The maximum Gasteiger partial charge on any atom is 0.419 e. The standard InChI is InChI=1S/C26H23BrF3N7O3/c1-25-8-15(24(39)35-19-5-3-4-18(27)34-19)37(17(25)9-25)20(38)10-36-14-7-16(40-2)13(26(28,29)30)6-12(14)21-22(31)32-11-33-23(21)36/h3-7,11,15,17H,8-10H2,1-2H3,(H2,31,32,33)(H,34,35,39)/t15-,17+,25-/m0/s1. The van der Waals surface area contributed by atoms with E-state index >= 15 is 0 Å². The molecule has 2 amide bonds. The highest BCUT2D eigenvalue weighted by molar-refractivity contribution is 9.10. The molecule has 1 aliphatic carbocycles. The van der Waals surface area contributed by atoms with Crippen LogP contribution in [0.2, 0.25) is 0 Å². The number of benzene rings is 1. The second-order valence-corrected chi connectivity index (χ2v) is 11.2. The number of aromatic nitrogens is 4. The molecule has 6 rings (SSSR count). The molecule has 10 nitrogen and oxygen atoms in total. The number of piperidine rings is 1. The molecule has 40 heavy (non-hydrogen) atoms. The summed E-state index contributed by atoms with van der Waals surface area (Å²) < 4.78 is 48.5. The van der Waals surface area contributed by atoms with Gasteiger partial charge in [0.2, 0.25) is 11.8 Å². The molecular weight excluding hydrogens is 595 g/mol. The number of hydrogen-bond acceptors (Lipinski definition) is 7. The molecule has 2 fully saturated rings. The highest BCUT2D eigenvalue weighted by Crippen LogP contribution is 2.59. The Morgan fingerprint density at radius 1 is 1.25 bits per heavy atom. The van der Waals surface area contributed by atoms with E-state index in [1.54, 1.807) is 23.1 Å². The first-order chi connectivity index (χ1) is 18.9. The number of pyridine rings is 1. The third kappa shape index (κ3) is 4.21. The zero-order valence-corrected chi connectivity index (χ0v) is 22.9. The summed E-state index contributed by atoms with van der Waals surface area (Å²) in [5, 5.41) is 3.13. The van der Waals surface area contributed by atoms with Gasteiger partial charge in [0.05, 0.1) is 23.6 Å². The smallest absolute Gasteiger partial charge is 0.419 e. The van der Waals surface area contributed by atoms with Crippen molar-refractivity contribution in [1.29, 1.82) is 0 Å². The summed E-state index contributed by atoms with van der Waals surface area (Å²) in [7, 11) is 1.14. The molecule has 1 aliphatic heterocycles. The summed E-state index contributed by atoms with van der Waals surface area (Å²) in [4.78, 5) is 41.2. The number of nitrogen functional groups attached to an aromatic ring is 1. The number of likely N-dealkylation sites (tertiary alicyclic amines) is 1.